The van der Waals surface area contributed by atoms with Gasteiger partial charge in [-0.25, -0.2) is 9.97 Å². The van der Waals surface area contributed by atoms with E-state index in [4.69, 9.17) is 9.41 Å². The smallest absolute Gasteiger partial charge is 0.224 e. The van der Waals surface area contributed by atoms with Gasteiger partial charge in [0.25, 0.3) is 0 Å². The fraction of sp³-hybridized carbons (Fsp3) is 0.737. The normalized spacial score (nSPS) is 30.0. The number of nitrogens with zero attached hydrogens (tertiary/aromatic N) is 4. The lowest BCUT2D eigenvalue weighted by Crippen LogP contribution is -2.60. The number of nitriles is 1. The Kier molecular flexibility index (Phi) is 10.8. The van der Waals surface area contributed by atoms with Crippen molar-refractivity contribution in [2.24, 2.45) is 29.1 Å². The summed E-state index contributed by atoms with van der Waals surface area (Å²) in [5.41, 5.74) is 1.92. The standard InChI is InChI=1S/C38H59N7OSSi/c1-25(2)47-35-28(9-8-14-40-35)22-42-36-43-23-31(20-39)34(45-36)44-24-38-17-27-15-29(18-38)33(30(16-27)19-38)41-21-26-10-12-32(13-11-26)46-48(6,7)37(3,4)5/h8-9,14,23,25-27,29-30,32-33,41H,10-13,15-19,21-22,24H2,1-7H3,(H2,42,43,44,45)/t26?,27?,29-,30+,32?,33?,38?. The minimum atomic E-state index is -1.69. The second kappa shape index (κ2) is 14.6. The molecule has 0 aliphatic heterocycles. The summed E-state index contributed by atoms with van der Waals surface area (Å²) < 4.78 is 6.78. The van der Waals surface area contributed by atoms with E-state index in [-0.39, 0.29) is 10.5 Å². The van der Waals surface area contributed by atoms with Gasteiger partial charge in [-0.05, 0) is 118 Å². The second-order valence-corrected chi connectivity index (χ2v) is 23.7. The van der Waals surface area contributed by atoms with Gasteiger partial charge in [0.2, 0.25) is 5.95 Å². The van der Waals surface area contributed by atoms with Gasteiger partial charge in [-0.1, -0.05) is 40.7 Å². The quantitative estimate of drug-likeness (QED) is 0.141. The molecule has 8 nitrogen and oxygen atoms in total. The number of pyridine rings is 1. The van der Waals surface area contributed by atoms with Gasteiger partial charge in [-0.15, -0.1) is 11.8 Å². The minimum Gasteiger partial charge on any atom is -0.414 e. The fourth-order valence-electron chi connectivity index (χ4n) is 9.11. The number of rotatable bonds is 13. The van der Waals surface area contributed by atoms with Crippen LogP contribution in [0.25, 0.3) is 0 Å². The average molecular weight is 690 g/mol. The van der Waals surface area contributed by atoms with Crippen molar-refractivity contribution >= 4 is 31.8 Å². The average Bonchev–Trinajstić information content (AvgIpc) is 3.02. The summed E-state index contributed by atoms with van der Waals surface area (Å²) in [6.07, 6.45) is 15.6. The molecule has 2 aromatic rings. The van der Waals surface area contributed by atoms with Crippen molar-refractivity contribution < 1.29 is 4.43 Å². The predicted octanol–water partition coefficient (Wildman–Crippen LogP) is 8.63. The molecule has 48 heavy (non-hydrogen) atoms. The maximum absolute atomic E-state index is 9.88. The Hall–Kier alpha value is -2.19. The van der Waals surface area contributed by atoms with Crippen LogP contribution < -0.4 is 16.0 Å². The van der Waals surface area contributed by atoms with Gasteiger partial charge in [-0.2, -0.15) is 10.2 Å². The molecule has 0 saturated heterocycles. The van der Waals surface area contributed by atoms with Gasteiger partial charge in [0.1, 0.15) is 22.5 Å². The van der Waals surface area contributed by atoms with Crippen LogP contribution in [0.15, 0.2) is 29.6 Å². The summed E-state index contributed by atoms with van der Waals surface area (Å²) in [6, 6.07) is 7.04. The Morgan fingerprint density at radius 1 is 1.06 bits per heavy atom. The second-order valence-electron chi connectivity index (χ2n) is 17.3. The summed E-state index contributed by atoms with van der Waals surface area (Å²) in [5, 5.41) is 22.8. The Morgan fingerprint density at radius 3 is 2.46 bits per heavy atom. The summed E-state index contributed by atoms with van der Waals surface area (Å²) >= 11 is 1.76. The number of thioether (sulfide) groups is 1. The van der Waals surface area contributed by atoms with Crippen LogP contribution in [-0.2, 0) is 11.0 Å². The molecule has 0 spiro atoms. The first-order valence-corrected chi connectivity index (χ1v) is 22.4. The Balaban J connectivity index is 1.02. The van der Waals surface area contributed by atoms with Crippen LogP contribution in [0.5, 0.6) is 0 Å². The van der Waals surface area contributed by atoms with Crippen LogP contribution in [0.4, 0.5) is 11.8 Å². The molecule has 7 rings (SSSR count). The highest BCUT2D eigenvalue weighted by molar-refractivity contribution is 7.99. The van der Waals surface area contributed by atoms with E-state index >= 15 is 0 Å². The van der Waals surface area contributed by atoms with Crippen LogP contribution in [0.2, 0.25) is 18.1 Å². The van der Waals surface area contributed by atoms with E-state index in [0.29, 0.717) is 41.3 Å². The monoisotopic (exact) mass is 689 g/mol. The van der Waals surface area contributed by atoms with Crippen LogP contribution >= 0.6 is 11.8 Å². The van der Waals surface area contributed by atoms with Crippen molar-refractivity contribution in [2.45, 2.75) is 140 Å². The molecular weight excluding hydrogens is 631 g/mol. The summed E-state index contributed by atoms with van der Waals surface area (Å²) in [5.74, 6) is 4.31. The van der Waals surface area contributed by atoms with Gasteiger partial charge < -0.3 is 20.4 Å². The highest BCUT2D eigenvalue weighted by atomic mass is 32.2. The largest absolute Gasteiger partial charge is 0.414 e. The van der Waals surface area contributed by atoms with Gasteiger partial charge in [-0.3, -0.25) is 0 Å². The van der Waals surface area contributed by atoms with Gasteiger partial charge in [0, 0.05) is 42.2 Å². The van der Waals surface area contributed by atoms with Crippen molar-refractivity contribution in [3.63, 3.8) is 0 Å². The molecule has 2 aromatic heterocycles. The molecule has 262 valence electrons. The fourth-order valence-corrected chi connectivity index (χ4v) is 11.4. The van der Waals surface area contributed by atoms with Crippen molar-refractivity contribution in [2.75, 3.05) is 23.7 Å². The number of hydrogen-bond donors (Lipinski definition) is 3. The molecule has 4 bridgehead atoms. The molecule has 5 aliphatic carbocycles. The van der Waals surface area contributed by atoms with Gasteiger partial charge in [0.15, 0.2) is 8.32 Å². The van der Waals surface area contributed by atoms with E-state index in [1.165, 1.54) is 64.3 Å². The molecule has 10 heteroatoms. The van der Waals surface area contributed by atoms with Crippen molar-refractivity contribution in [3.05, 3.63) is 35.7 Å². The SMILES string of the molecule is CC(C)Sc1ncccc1CNc1ncc(C#N)c(NCC23CC4C[C@H](C2)C(NCC2CCC(O[Si](C)(C)C(C)(C)C)CC2)[C@@H](C4)C3)n1. The molecule has 2 heterocycles. The molecule has 5 atom stereocenters. The van der Waals surface area contributed by atoms with E-state index < -0.39 is 8.32 Å². The van der Waals surface area contributed by atoms with E-state index in [2.05, 4.69) is 85.8 Å². The molecule has 5 saturated carbocycles. The molecule has 5 fully saturated rings. The lowest BCUT2D eigenvalue weighted by atomic mass is 9.48. The first-order valence-electron chi connectivity index (χ1n) is 18.6. The Labute approximate surface area is 294 Å². The summed E-state index contributed by atoms with van der Waals surface area (Å²) in [6.45, 7) is 18.8. The van der Waals surface area contributed by atoms with Gasteiger partial charge in [0.05, 0.1) is 6.20 Å². The third-order valence-corrected chi connectivity index (χ3v) is 17.9. The van der Waals surface area contributed by atoms with E-state index in [0.717, 1.165) is 40.8 Å². The topological polar surface area (TPSA) is 108 Å². The highest BCUT2D eigenvalue weighted by Crippen LogP contribution is 2.60. The number of anilines is 2. The lowest BCUT2D eigenvalue weighted by Gasteiger charge is -2.60. The van der Waals surface area contributed by atoms with Crippen LogP contribution in [-0.4, -0.2) is 53.8 Å². The lowest BCUT2D eigenvalue weighted by molar-refractivity contribution is -0.0704. The molecule has 3 unspecified atom stereocenters. The molecular formula is C38H59N7OSSi. The van der Waals surface area contributed by atoms with E-state index in [9.17, 15) is 5.26 Å². The minimum absolute atomic E-state index is 0.280. The Morgan fingerprint density at radius 2 is 1.79 bits per heavy atom. The zero-order chi connectivity index (χ0) is 34.1. The van der Waals surface area contributed by atoms with Crippen LogP contribution in [0, 0.1) is 40.4 Å². The van der Waals surface area contributed by atoms with Gasteiger partial charge >= 0.3 is 0 Å². The maximum atomic E-state index is 9.88. The summed E-state index contributed by atoms with van der Waals surface area (Å²) in [4.78, 5) is 13.8. The van der Waals surface area contributed by atoms with Crippen LogP contribution in [0.1, 0.15) is 104 Å². The first kappa shape index (κ1) is 35.6. The molecule has 3 N–H and O–H groups in total. The molecule has 5 aliphatic rings. The predicted molar refractivity (Wildman–Crippen MR) is 200 cm³/mol. The molecule has 0 radical (unpaired) electrons. The molecule has 0 amide bonds. The zero-order valence-electron chi connectivity index (χ0n) is 30.4. The third-order valence-electron chi connectivity index (χ3n) is 12.3. The maximum Gasteiger partial charge on any atom is 0.224 e. The van der Waals surface area contributed by atoms with Crippen molar-refractivity contribution in [1.29, 1.82) is 5.26 Å². The summed E-state index contributed by atoms with van der Waals surface area (Å²) in [7, 11) is -1.69. The zero-order valence-corrected chi connectivity index (χ0v) is 32.3. The third kappa shape index (κ3) is 8.22. The molecule has 0 aromatic carbocycles. The van der Waals surface area contributed by atoms with Crippen molar-refractivity contribution in [3.8, 4) is 6.07 Å². The Bertz CT molecular complexity index is 1430. The highest BCUT2D eigenvalue weighted by Gasteiger charge is 2.55. The van der Waals surface area contributed by atoms with E-state index in [1.54, 1.807) is 18.0 Å². The first-order chi connectivity index (χ1) is 22.8. The number of nitrogens with one attached hydrogen (secondary N) is 3. The van der Waals surface area contributed by atoms with Crippen LogP contribution in [0.3, 0.4) is 0 Å². The number of aromatic nitrogens is 3. The van der Waals surface area contributed by atoms with E-state index in [1.807, 2.05) is 12.3 Å². The van der Waals surface area contributed by atoms with Crippen molar-refractivity contribution in [1.82, 2.24) is 20.3 Å². The number of hydrogen-bond acceptors (Lipinski definition) is 9.